The third kappa shape index (κ3) is 12.5. The molecule has 13 nitrogen and oxygen atoms in total. The number of para-hydroxylation sites is 1. The number of amides is 3. The zero-order valence-corrected chi connectivity index (χ0v) is 28.1. The van der Waals surface area contributed by atoms with Gasteiger partial charge >= 0.3 is 6.09 Å². The molecule has 1 heterocycles. The van der Waals surface area contributed by atoms with Gasteiger partial charge in [-0.2, -0.15) is 5.06 Å². The van der Waals surface area contributed by atoms with E-state index >= 15 is 0 Å². The van der Waals surface area contributed by atoms with Crippen LogP contribution < -0.4 is 10.4 Å². The number of anilines is 1. The van der Waals surface area contributed by atoms with E-state index in [9.17, 15) is 34.8 Å². The number of aliphatic hydroxyl groups excluding tert-OH is 4. The Bertz CT molecular complexity index is 1260. The van der Waals surface area contributed by atoms with Crippen molar-refractivity contribution in [1.82, 2.24) is 10.2 Å². The first-order valence-corrected chi connectivity index (χ1v) is 16.6. The molecule has 1 saturated heterocycles. The Morgan fingerprint density at radius 3 is 2.10 bits per heavy atom. The van der Waals surface area contributed by atoms with E-state index in [1.807, 2.05) is 18.2 Å². The lowest BCUT2D eigenvalue weighted by molar-refractivity contribution is -0.300. The average Bonchev–Trinajstić information content (AvgIpc) is 3.06. The first-order valence-electron chi connectivity index (χ1n) is 16.6. The number of nitrogens with zero attached hydrogens (tertiary/aromatic N) is 2. The molecule has 5 unspecified atom stereocenters. The predicted molar refractivity (Wildman–Crippen MR) is 178 cm³/mol. The molecule has 0 spiro atoms. The first-order chi connectivity index (χ1) is 22.9. The lowest BCUT2D eigenvalue weighted by atomic mass is 9.97. The van der Waals surface area contributed by atoms with Gasteiger partial charge in [0.05, 0.1) is 11.8 Å². The van der Waals surface area contributed by atoms with E-state index in [1.54, 1.807) is 63.2 Å². The van der Waals surface area contributed by atoms with E-state index < -0.39 is 48.3 Å². The van der Waals surface area contributed by atoms with Gasteiger partial charge in [0, 0.05) is 38.2 Å². The van der Waals surface area contributed by atoms with Crippen LogP contribution >= 0.6 is 0 Å². The fourth-order valence-corrected chi connectivity index (χ4v) is 5.10. The maximum Gasteiger partial charge on any atom is 0.410 e. The number of nitrogens with one attached hydrogen (secondary N) is 1. The molecule has 48 heavy (non-hydrogen) atoms. The lowest BCUT2D eigenvalue weighted by Crippen LogP contribution is -2.59. The molecule has 0 radical (unpaired) electrons. The Morgan fingerprint density at radius 1 is 0.833 bits per heavy atom. The lowest BCUT2D eigenvalue weighted by Gasteiger charge is -2.41. The van der Waals surface area contributed by atoms with E-state index in [2.05, 4.69) is 5.32 Å². The van der Waals surface area contributed by atoms with Gasteiger partial charge in [-0.25, -0.2) is 9.63 Å². The number of carbonyl (C=O) groups excluding carboxylic acids is 3. The SMILES string of the molecule is CC(C)(C)OC(=O)N(CCCCCCCNC(=O)c1ccccc1)CCC(=O)N(OC1OC(CCO)C(O)C(O)C1O)c1ccccc1. The molecule has 3 rings (SSSR count). The maximum absolute atomic E-state index is 13.6. The number of hydrogen-bond donors (Lipinski definition) is 5. The summed E-state index contributed by atoms with van der Waals surface area (Å²) in [6.07, 6.45) is -3.95. The van der Waals surface area contributed by atoms with Gasteiger partial charge in [0.1, 0.15) is 23.9 Å². The second kappa shape index (κ2) is 19.4. The summed E-state index contributed by atoms with van der Waals surface area (Å²) in [4.78, 5) is 46.2. The minimum absolute atomic E-state index is 0.0223. The first kappa shape index (κ1) is 38.9. The Balaban J connectivity index is 1.56. The smallest absolute Gasteiger partial charge is 0.410 e. The fourth-order valence-electron chi connectivity index (χ4n) is 5.10. The number of ether oxygens (including phenoxy) is 2. The summed E-state index contributed by atoms with van der Waals surface area (Å²) >= 11 is 0. The van der Waals surface area contributed by atoms with E-state index in [0.717, 1.165) is 30.7 Å². The molecule has 2 aromatic carbocycles. The van der Waals surface area contributed by atoms with Crippen LogP contribution in [0.1, 0.15) is 76.1 Å². The van der Waals surface area contributed by atoms with E-state index in [0.29, 0.717) is 30.8 Å². The molecule has 5 atom stereocenters. The topological polar surface area (TPSA) is 178 Å². The van der Waals surface area contributed by atoms with Crippen molar-refractivity contribution in [3.63, 3.8) is 0 Å². The van der Waals surface area contributed by atoms with Crippen LogP contribution in [0.15, 0.2) is 60.7 Å². The highest BCUT2D eigenvalue weighted by Crippen LogP contribution is 2.27. The zero-order chi connectivity index (χ0) is 35.1. The summed E-state index contributed by atoms with van der Waals surface area (Å²) in [6.45, 7) is 5.91. The number of rotatable bonds is 17. The Morgan fingerprint density at radius 2 is 1.46 bits per heavy atom. The average molecular weight is 674 g/mol. The highest BCUT2D eigenvalue weighted by atomic mass is 16.8. The van der Waals surface area contributed by atoms with Crippen molar-refractivity contribution in [2.75, 3.05) is 31.3 Å². The van der Waals surface area contributed by atoms with Gasteiger partial charge in [-0.05, 0) is 64.3 Å². The van der Waals surface area contributed by atoms with Crippen LogP contribution in [-0.4, -0.2) is 106 Å². The Labute approximate surface area is 282 Å². The van der Waals surface area contributed by atoms with Crippen LogP contribution in [0.4, 0.5) is 10.5 Å². The fraction of sp³-hybridized carbons (Fsp3) is 0.571. The van der Waals surface area contributed by atoms with Gasteiger partial charge in [0.2, 0.25) is 6.29 Å². The molecule has 0 saturated carbocycles. The summed E-state index contributed by atoms with van der Waals surface area (Å²) in [7, 11) is 0. The number of benzene rings is 2. The van der Waals surface area contributed by atoms with Gasteiger partial charge in [-0.3, -0.25) is 9.59 Å². The standard InChI is InChI=1S/C35H51N3O10/c1-35(2,3)47-34(45)37(22-14-6-4-5-13-21-36-32(44)25-15-9-7-10-16-25)23-19-28(40)38(26-17-11-8-12-18-26)48-33-31(43)30(42)29(41)27(46-33)20-24-39/h7-12,15-18,27,29-31,33,39,41-43H,4-6,13-14,19-24H2,1-3H3,(H,36,44). The van der Waals surface area contributed by atoms with Crippen molar-refractivity contribution in [2.45, 2.75) is 102 Å². The molecule has 266 valence electrons. The van der Waals surface area contributed by atoms with Crippen molar-refractivity contribution < 1.29 is 49.1 Å². The van der Waals surface area contributed by atoms with Crippen molar-refractivity contribution in [1.29, 1.82) is 0 Å². The molecule has 0 aliphatic carbocycles. The molecular formula is C35H51N3O10. The second-order valence-corrected chi connectivity index (χ2v) is 12.8. The molecule has 0 aromatic heterocycles. The second-order valence-electron chi connectivity index (χ2n) is 12.8. The third-order valence-corrected chi connectivity index (χ3v) is 7.68. The van der Waals surface area contributed by atoms with Crippen molar-refractivity contribution in [3.8, 4) is 0 Å². The van der Waals surface area contributed by atoms with Gasteiger partial charge < -0.3 is 40.1 Å². The van der Waals surface area contributed by atoms with Crippen LogP contribution in [0.2, 0.25) is 0 Å². The normalized spacial score (nSPS) is 20.9. The van der Waals surface area contributed by atoms with Crippen LogP contribution in [0.3, 0.4) is 0 Å². The van der Waals surface area contributed by atoms with E-state index in [-0.39, 0.29) is 31.9 Å². The van der Waals surface area contributed by atoms with Crippen LogP contribution in [0.5, 0.6) is 0 Å². The molecule has 2 aromatic rings. The molecule has 1 aliphatic heterocycles. The summed E-state index contributed by atoms with van der Waals surface area (Å²) < 4.78 is 11.2. The number of hydrogen-bond acceptors (Lipinski definition) is 10. The summed E-state index contributed by atoms with van der Waals surface area (Å²) in [5, 5.41) is 44.4. The third-order valence-electron chi connectivity index (χ3n) is 7.68. The quantitative estimate of drug-likeness (QED) is 0.124. The molecule has 0 bridgehead atoms. The van der Waals surface area contributed by atoms with Gasteiger partial charge in [-0.1, -0.05) is 55.7 Å². The highest BCUT2D eigenvalue weighted by molar-refractivity contribution is 5.94. The van der Waals surface area contributed by atoms with Crippen molar-refractivity contribution >= 4 is 23.6 Å². The Kier molecular flexibility index (Phi) is 15.7. The predicted octanol–water partition coefficient (Wildman–Crippen LogP) is 3.15. The largest absolute Gasteiger partial charge is 0.444 e. The van der Waals surface area contributed by atoms with E-state index in [4.69, 9.17) is 14.3 Å². The molecule has 3 amide bonds. The summed E-state index contributed by atoms with van der Waals surface area (Å²) in [5.74, 6) is -0.651. The van der Waals surface area contributed by atoms with Crippen molar-refractivity contribution in [3.05, 3.63) is 66.2 Å². The van der Waals surface area contributed by atoms with Gasteiger partial charge in [0.25, 0.3) is 11.8 Å². The minimum Gasteiger partial charge on any atom is -0.444 e. The molecule has 1 fully saturated rings. The molecule has 1 aliphatic rings. The molecule has 13 heteroatoms. The monoisotopic (exact) mass is 673 g/mol. The van der Waals surface area contributed by atoms with Crippen molar-refractivity contribution in [2.24, 2.45) is 0 Å². The number of hydroxylamine groups is 1. The highest BCUT2D eigenvalue weighted by Gasteiger charge is 2.45. The Hall–Kier alpha value is -3.59. The van der Waals surface area contributed by atoms with Gasteiger partial charge in [-0.15, -0.1) is 0 Å². The number of unbranched alkanes of at least 4 members (excludes halogenated alkanes) is 4. The zero-order valence-electron chi connectivity index (χ0n) is 28.1. The number of carbonyl (C=O) groups is 3. The maximum atomic E-state index is 13.6. The molecule has 5 N–H and O–H groups in total. The summed E-state index contributed by atoms with van der Waals surface area (Å²) in [5.41, 5.74) is 0.205. The van der Waals surface area contributed by atoms with Crippen LogP contribution in [0, 0.1) is 0 Å². The van der Waals surface area contributed by atoms with Crippen LogP contribution in [0.25, 0.3) is 0 Å². The molecular weight excluding hydrogens is 622 g/mol. The summed E-state index contributed by atoms with van der Waals surface area (Å²) in [6, 6.07) is 17.4. The van der Waals surface area contributed by atoms with E-state index in [1.165, 1.54) is 4.90 Å². The number of aliphatic hydroxyl groups is 4. The minimum atomic E-state index is -1.69. The van der Waals surface area contributed by atoms with Crippen LogP contribution in [-0.2, 0) is 19.1 Å². The van der Waals surface area contributed by atoms with Gasteiger partial charge in [0.15, 0.2) is 0 Å².